The van der Waals surface area contributed by atoms with Crippen molar-refractivity contribution >= 4 is 6.09 Å². The van der Waals surface area contributed by atoms with Crippen LogP contribution in [0.2, 0.25) is 0 Å². The maximum absolute atomic E-state index is 13.5. The third kappa shape index (κ3) is 2.93. The third-order valence-corrected chi connectivity index (χ3v) is 2.25. The molecule has 88 valence electrons. The maximum Gasteiger partial charge on any atom is 0.405 e. The van der Waals surface area contributed by atoms with Gasteiger partial charge in [-0.2, -0.15) is 0 Å². The van der Waals surface area contributed by atoms with Gasteiger partial charge in [0, 0.05) is 12.7 Å². The summed E-state index contributed by atoms with van der Waals surface area (Å²) in [5, 5.41) is 0. The van der Waals surface area contributed by atoms with E-state index in [1.807, 2.05) is 0 Å². The van der Waals surface area contributed by atoms with Crippen LogP contribution in [-0.4, -0.2) is 19.3 Å². The first kappa shape index (κ1) is 12.4. The van der Waals surface area contributed by atoms with E-state index < -0.39 is 24.1 Å². The highest BCUT2D eigenvalue weighted by molar-refractivity contribution is 5.65. The van der Waals surface area contributed by atoms with Gasteiger partial charge in [-0.1, -0.05) is 18.2 Å². The van der Waals surface area contributed by atoms with E-state index in [0.29, 0.717) is 0 Å². The second kappa shape index (κ2) is 5.46. The van der Waals surface area contributed by atoms with E-state index in [2.05, 4.69) is 0 Å². The highest BCUT2D eigenvalue weighted by atomic mass is 19.1. The van der Waals surface area contributed by atoms with Gasteiger partial charge in [-0.15, -0.1) is 0 Å². The Kier molecular flexibility index (Phi) is 4.25. The Morgan fingerprint density at radius 2 is 2.06 bits per heavy atom. The molecule has 0 heterocycles. The molecule has 5 heteroatoms. The van der Waals surface area contributed by atoms with Gasteiger partial charge in [-0.05, 0) is 13.0 Å². The minimum Gasteiger partial charge on any atom is -0.439 e. The second-order valence-electron chi connectivity index (χ2n) is 3.32. The zero-order valence-corrected chi connectivity index (χ0v) is 9.14. The summed E-state index contributed by atoms with van der Waals surface area (Å²) in [5.74, 6) is -0.461. The van der Waals surface area contributed by atoms with Crippen LogP contribution in [0.1, 0.15) is 18.6 Å². The molecule has 1 aromatic rings. The quantitative estimate of drug-likeness (QED) is 0.855. The van der Waals surface area contributed by atoms with Crippen molar-refractivity contribution in [1.82, 2.24) is 0 Å². The van der Waals surface area contributed by atoms with Gasteiger partial charge in [-0.3, -0.25) is 0 Å². The Hall–Kier alpha value is -1.62. The topological polar surface area (TPSA) is 61.6 Å². The van der Waals surface area contributed by atoms with Crippen LogP contribution in [0.3, 0.4) is 0 Å². The van der Waals surface area contributed by atoms with E-state index in [0.717, 1.165) is 0 Å². The molecule has 0 aliphatic carbocycles. The van der Waals surface area contributed by atoms with Crippen LogP contribution in [0.25, 0.3) is 0 Å². The molecule has 2 unspecified atom stereocenters. The number of methoxy groups -OCH3 is 1. The van der Waals surface area contributed by atoms with Gasteiger partial charge in [0.05, 0.1) is 6.10 Å². The number of hydrogen-bond donors (Lipinski definition) is 1. The van der Waals surface area contributed by atoms with E-state index in [1.54, 1.807) is 19.1 Å². The van der Waals surface area contributed by atoms with Crippen LogP contribution in [0.15, 0.2) is 24.3 Å². The first-order valence-corrected chi connectivity index (χ1v) is 4.79. The van der Waals surface area contributed by atoms with Crippen molar-refractivity contribution in [2.24, 2.45) is 5.73 Å². The van der Waals surface area contributed by atoms with Crippen molar-refractivity contribution in [2.45, 2.75) is 19.1 Å². The first-order chi connectivity index (χ1) is 7.56. The Morgan fingerprint density at radius 1 is 1.44 bits per heavy atom. The monoisotopic (exact) mass is 227 g/mol. The standard InChI is InChI=1S/C11H14FNO3/c1-7(15-2)10(16-11(13)14)8-5-3-4-6-9(8)12/h3-7,10H,1-2H3,(H2,13,14). The van der Waals surface area contributed by atoms with Crippen LogP contribution >= 0.6 is 0 Å². The van der Waals surface area contributed by atoms with Crippen LogP contribution in [0.4, 0.5) is 9.18 Å². The molecule has 0 radical (unpaired) electrons. The molecule has 2 atom stereocenters. The van der Waals surface area contributed by atoms with Gasteiger partial charge in [0.15, 0.2) is 6.10 Å². The number of carbonyl (C=O) groups excluding carboxylic acids is 1. The number of halogens is 1. The molecule has 16 heavy (non-hydrogen) atoms. The van der Waals surface area contributed by atoms with Gasteiger partial charge in [0.2, 0.25) is 0 Å². The van der Waals surface area contributed by atoms with Crippen molar-refractivity contribution in [1.29, 1.82) is 0 Å². The van der Waals surface area contributed by atoms with Crippen LogP contribution in [0.5, 0.6) is 0 Å². The molecule has 1 amide bonds. The smallest absolute Gasteiger partial charge is 0.405 e. The van der Waals surface area contributed by atoms with Gasteiger partial charge < -0.3 is 15.2 Å². The molecule has 4 nitrogen and oxygen atoms in total. The number of primary amides is 1. The van der Waals surface area contributed by atoms with Crippen molar-refractivity contribution < 1.29 is 18.7 Å². The summed E-state index contributed by atoms with van der Waals surface area (Å²) in [6, 6.07) is 6.02. The van der Waals surface area contributed by atoms with E-state index in [-0.39, 0.29) is 5.56 Å². The molecule has 0 aliphatic rings. The highest BCUT2D eigenvalue weighted by Gasteiger charge is 2.25. The van der Waals surface area contributed by atoms with Crippen LogP contribution in [-0.2, 0) is 9.47 Å². The molecule has 0 aliphatic heterocycles. The van der Waals surface area contributed by atoms with Gasteiger partial charge in [-0.25, -0.2) is 9.18 Å². The number of hydrogen-bond acceptors (Lipinski definition) is 3. The number of rotatable bonds is 4. The molecule has 0 aromatic heterocycles. The average Bonchev–Trinajstić information content (AvgIpc) is 2.26. The summed E-state index contributed by atoms with van der Waals surface area (Å²) in [5.41, 5.74) is 5.18. The lowest BCUT2D eigenvalue weighted by atomic mass is 10.0. The van der Waals surface area contributed by atoms with E-state index in [1.165, 1.54) is 19.2 Å². The van der Waals surface area contributed by atoms with Crippen molar-refractivity contribution in [3.05, 3.63) is 35.6 Å². The summed E-state index contributed by atoms with van der Waals surface area (Å²) in [7, 11) is 1.45. The van der Waals surface area contributed by atoms with Crippen LogP contribution in [0, 0.1) is 5.82 Å². The van der Waals surface area contributed by atoms with E-state index in [4.69, 9.17) is 15.2 Å². The predicted molar refractivity (Wildman–Crippen MR) is 56.3 cm³/mol. The molecule has 0 spiro atoms. The van der Waals surface area contributed by atoms with Crippen molar-refractivity contribution in [3.63, 3.8) is 0 Å². The average molecular weight is 227 g/mol. The SMILES string of the molecule is COC(C)C(OC(N)=O)c1ccccc1F. The third-order valence-electron chi connectivity index (χ3n) is 2.25. The summed E-state index contributed by atoms with van der Waals surface area (Å²) in [6.45, 7) is 1.67. The molecule has 0 saturated heterocycles. The normalized spacial score (nSPS) is 14.2. The van der Waals surface area contributed by atoms with Gasteiger partial charge in [0.1, 0.15) is 5.82 Å². The van der Waals surface area contributed by atoms with E-state index in [9.17, 15) is 9.18 Å². The Bertz CT molecular complexity index is 370. The number of ether oxygens (including phenoxy) is 2. The first-order valence-electron chi connectivity index (χ1n) is 4.79. The lowest BCUT2D eigenvalue weighted by molar-refractivity contribution is -0.0125. The number of carbonyl (C=O) groups is 1. The largest absolute Gasteiger partial charge is 0.439 e. The molecule has 0 fully saturated rings. The fourth-order valence-electron chi connectivity index (χ4n) is 1.37. The maximum atomic E-state index is 13.5. The number of nitrogens with two attached hydrogens (primary N) is 1. The molecular formula is C11H14FNO3. The van der Waals surface area contributed by atoms with Crippen LogP contribution < -0.4 is 5.73 Å². The van der Waals surface area contributed by atoms with Gasteiger partial charge in [0.25, 0.3) is 0 Å². The molecule has 1 rings (SSSR count). The summed E-state index contributed by atoms with van der Waals surface area (Å²) < 4.78 is 23.4. The fraction of sp³-hybridized carbons (Fsp3) is 0.364. The van der Waals surface area contributed by atoms with Crippen molar-refractivity contribution in [2.75, 3.05) is 7.11 Å². The summed E-state index contributed by atoms with van der Waals surface area (Å²) >= 11 is 0. The molecule has 2 N–H and O–H groups in total. The van der Waals surface area contributed by atoms with Crippen molar-refractivity contribution in [3.8, 4) is 0 Å². The molecular weight excluding hydrogens is 213 g/mol. The lowest BCUT2D eigenvalue weighted by Crippen LogP contribution is -2.26. The zero-order chi connectivity index (χ0) is 12.1. The lowest BCUT2D eigenvalue weighted by Gasteiger charge is -2.22. The second-order valence-corrected chi connectivity index (χ2v) is 3.32. The summed E-state index contributed by atoms with van der Waals surface area (Å²) in [4.78, 5) is 10.7. The van der Waals surface area contributed by atoms with Gasteiger partial charge >= 0.3 is 6.09 Å². The predicted octanol–water partition coefficient (Wildman–Crippen LogP) is 2.00. The Morgan fingerprint density at radius 3 is 2.56 bits per heavy atom. The summed E-state index contributed by atoms with van der Waals surface area (Å²) in [6.07, 6.45) is -2.29. The minimum absolute atomic E-state index is 0.246. The molecule has 1 aromatic carbocycles. The van der Waals surface area contributed by atoms with E-state index >= 15 is 0 Å². The molecule has 0 saturated carbocycles. The fourth-order valence-corrected chi connectivity index (χ4v) is 1.37. The zero-order valence-electron chi connectivity index (χ0n) is 9.14. The highest BCUT2D eigenvalue weighted by Crippen LogP contribution is 2.25. The number of amides is 1. The Balaban J connectivity index is 3.01. The number of benzene rings is 1. The Labute approximate surface area is 93.2 Å². The molecule has 0 bridgehead atoms. The minimum atomic E-state index is -0.961.